The van der Waals surface area contributed by atoms with Crippen LogP contribution in [0.15, 0.2) is 93.3 Å². The summed E-state index contributed by atoms with van der Waals surface area (Å²) in [7, 11) is -6.62. The molecule has 1 aromatic heterocycles. The zero-order valence-electron chi connectivity index (χ0n) is 17.2. The Morgan fingerprint density at radius 2 is 1.42 bits per heavy atom. The molecular weight excluding hydrogens is 530 g/mol. The van der Waals surface area contributed by atoms with E-state index >= 15 is 0 Å². The van der Waals surface area contributed by atoms with Gasteiger partial charge in [0.25, 0.3) is 20.0 Å². The van der Waals surface area contributed by atoms with Gasteiger partial charge in [-0.2, -0.15) is 0 Å². The first-order valence-electron chi connectivity index (χ1n) is 9.53. The number of ether oxygens (including phenoxy) is 1. The van der Waals surface area contributed by atoms with Gasteiger partial charge < -0.3 is 4.74 Å². The maximum absolute atomic E-state index is 13.0. The highest BCUT2D eigenvalue weighted by atomic mass is 79.9. The topological polar surface area (TPSA) is 114 Å². The Bertz CT molecular complexity index is 1550. The molecule has 4 aromatic rings. The van der Waals surface area contributed by atoms with Gasteiger partial charge in [0.1, 0.15) is 15.5 Å². The van der Waals surface area contributed by atoms with E-state index in [9.17, 15) is 16.8 Å². The minimum absolute atomic E-state index is 0.0189. The SMILES string of the molecule is COc1ccc(Br)cc1S(=O)(=O)Nc1cccc(NS(=O)(=O)c2cccc3cccnc23)c1. The van der Waals surface area contributed by atoms with Gasteiger partial charge in [-0.05, 0) is 48.5 Å². The quantitative estimate of drug-likeness (QED) is 0.349. The van der Waals surface area contributed by atoms with E-state index in [1.54, 1.807) is 30.3 Å². The molecule has 0 amide bonds. The lowest BCUT2D eigenvalue weighted by molar-refractivity contribution is 0.403. The van der Waals surface area contributed by atoms with Crippen molar-refractivity contribution in [2.45, 2.75) is 9.79 Å². The molecule has 4 rings (SSSR count). The molecule has 0 saturated carbocycles. The Kier molecular flexibility index (Phi) is 6.28. The standard InChI is InChI=1S/C22H18BrN3O5S2/c1-31-19-11-10-16(23)13-21(19)33(29,30)26-18-8-3-7-17(14-18)25-32(27,28)20-9-2-5-15-6-4-12-24-22(15)20/h2-14,25-26H,1H3. The van der Waals surface area contributed by atoms with Gasteiger partial charge in [-0.3, -0.25) is 14.4 Å². The van der Waals surface area contributed by atoms with Crippen LogP contribution in [0.25, 0.3) is 10.9 Å². The normalized spacial score (nSPS) is 11.8. The molecule has 0 fully saturated rings. The van der Waals surface area contributed by atoms with E-state index in [2.05, 4.69) is 30.4 Å². The molecule has 0 spiro atoms. The lowest BCUT2D eigenvalue weighted by Crippen LogP contribution is -2.16. The van der Waals surface area contributed by atoms with Crippen LogP contribution in [0.1, 0.15) is 0 Å². The summed E-state index contributed by atoms with van der Waals surface area (Å²) in [5.41, 5.74) is 0.698. The largest absolute Gasteiger partial charge is 0.495 e. The first-order valence-corrected chi connectivity index (χ1v) is 13.3. The average molecular weight is 548 g/mol. The van der Waals surface area contributed by atoms with Crippen LogP contribution < -0.4 is 14.2 Å². The second kappa shape index (κ2) is 9.00. The van der Waals surface area contributed by atoms with Gasteiger partial charge >= 0.3 is 0 Å². The van der Waals surface area contributed by atoms with Crippen LogP contribution in [0.5, 0.6) is 5.75 Å². The number of methoxy groups -OCH3 is 1. The third-order valence-electron chi connectivity index (χ3n) is 4.67. The number of sulfonamides is 2. The summed E-state index contributed by atoms with van der Waals surface area (Å²) in [6.45, 7) is 0. The molecule has 11 heteroatoms. The van der Waals surface area contributed by atoms with E-state index in [0.29, 0.717) is 15.4 Å². The minimum Gasteiger partial charge on any atom is -0.495 e. The molecule has 0 radical (unpaired) electrons. The molecule has 0 aliphatic heterocycles. The van der Waals surface area contributed by atoms with E-state index in [1.165, 1.54) is 55.8 Å². The number of hydrogen-bond donors (Lipinski definition) is 2. The van der Waals surface area contributed by atoms with Crippen LogP contribution in [0.4, 0.5) is 11.4 Å². The first-order chi connectivity index (χ1) is 15.7. The molecule has 1 heterocycles. The van der Waals surface area contributed by atoms with Crippen molar-refractivity contribution in [2.24, 2.45) is 0 Å². The number of nitrogens with zero attached hydrogens (tertiary/aromatic N) is 1. The molecule has 0 unspecified atom stereocenters. The van der Waals surface area contributed by atoms with E-state index in [4.69, 9.17) is 4.74 Å². The highest BCUT2D eigenvalue weighted by molar-refractivity contribution is 9.10. The van der Waals surface area contributed by atoms with Gasteiger partial charge in [-0.1, -0.05) is 40.2 Å². The fourth-order valence-corrected chi connectivity index (χ4v) is 6.21. The number of nitrogens with one attached hydrogen (secondary N) is 2. The van der Waals surface area contributed by atoms with Crippen molar-refractivity contribution in [3.63, 3.8) is 0 Å². The molecule has 0 aliphatic carbocycles. The number of pyridine rings is 1. The summed E-state index contributed by atoms with van der Waals surface area (Å²) in [5, 5.41) is 0.685. The van der Waals surface area contributed by atoms with Gasteiger partial charge in [0, 0.05) is 16.1 Å². The van der Waals surface area contributed by atoms with Crippen molar-refractivity contribution in [1.29, 1.82) is 0 Å². The number of benzene rings is 3. The predicted octanol–water partition coefficient (Wildman–Crippen LogP) is 4.61. The second-order valence-corrected chi connectivity index (χ2v) is 11.1. The maximum atomic E-state index is 13.0. The van der Waals surface area contributed by atoms with Crippen LogP contribution in [-0.4, -0.2) is 28.9 Å². The fraction of sp³-hybridized carbons (Fsp3) is 0.0455. The van der Waals surface area contributed by atoms with Crippen LogP contribution >= 0.6 is 15.9 Å². The number of halogens is 1. The summed E-state index contributed by atoms with van der Waals surface area (Å²) in [6.07, 6.45) is 1.52. The summed E-state index contributed by atoms with van der Waals surface area (Å²) in [5.74, 6) is 0.172. The Hall–Kier alpha value is -3.15. The Labute approximate surface area is 199 Å². The lowest BCUT2D eigenvalue weighted by Gasteiger charge is -2.14. The third-order valence-corrected chi connectivity index (χ3v) is 7.98. The van der Waals surface area contributed by atoms with Crippen molar-refractivity contribution in [1.82, 2.24) is 4.98 Å². The van der Waals surface area contributed by atoms with Gasteiger partial charge in [0.2, 0.25) is 0 Å². The molecule has 8 nitrogen and oxygen atoms in total. The lowest BCUT2D eigenvalue weighted by atomic mass is 10.2. The summed E-state index contributed by atoms with van der Waals surface area (Å²) in [4.78, 5) is 4.14. The fourth-order valence-electron chi connectivity index (χ4n) is 3.22. The Balaban J connectivity index is 1.64. The molecule has 33 heavy (non-hydrogen) atoms. The van der Waals surface area contributed by atoms with Gasteiger partial charge in [-0.15, -0.1) is 0 Å². The molecule has 2 N–H and O–H groups in total. The highest BCUT2D eigenvalue weighted by Crippen LogP contribution is 2.30. The molecule has 0 atom stereocenters. The maximum Gasteiger partial charge on any atom is 0.265 e. The van der Waals surface area contributed by atoms with Crippen LogP contribution in [0, 0.1) is 0 Å². The van der Waals surface area contributed by atoms with Crippen molar-refractivity contribution in [3.8, 4) is 5.75 Å². The molecular formula is C22H18BrN3O5S2. The number of anilines is 2. The molecule has 0 bridgehead atoms. The van der Waals surface area contributed by atoms with Crippen LogP contribution in [-0.2, 0) is 20.0 Å². The van der Waals surface area contributed by atoms with Gasteiger partial charge in [-0.25, -0.2) is 16.8 Å². The summed E-state index contributed by atoms with van der Waals surface area (Å²) >= 11 is 3.26. The van der Waals surface area contributed by atoms with Gasteiger partial charge in [0.05, 0.1) is 24.0 Å². The molecule has 0 saturated heterocycles. The second-order valence-electron chi connectivity index (χ2n) is 6.92. The van der Waals surface area contributed by atoms with Crippen molar-refractivity contribution >= 4 is 58.3 Å². The van der Waals surface area contributed by atoms with Gasteiger partial charge in [0.15, 0.2) is 0 Å². The van der Waals surface area contributed by atoms with Crippen LogP contribution in [0.2, 0.25) is 0 Å². The van der Waals surface area contributed by atoms with E-state index in [0.717, 1.165) is 0 Å². The zero-order chi connectivity index (χ0) is 23.6. The molecule has 0 aliphatic rings. The average Bonchev–Trinajstić information content (AvgIpc) is 2.78. The summed E-state index contributed by atoms with van der Waals surface area (Å²) < 4.78 is 62.6. The molecule has 3 aromatic carbocycles. The smallest absolute Gasteiger partial charge is 0.265 e. The third kappa shape index (κ3) is 4.95. The molecule has 170 valence electrons. The Morgan fingerprint density at radius 3 is 2.12 bits per heavy atom. The van der Waals surface area contributed by atoms with Crippen molar-refractivity contribution < 1.29 is 21.6 Å². The number of para-hydroxylation sites is 1. The monoisotopic (exact) mass is 547 g/mol. The van der Waals surface area contributed by atoms with Crippen molar-refractivity contribution in [2.75, 3.05) is 16.6 Å². The number of aromatic nitrogens is 1. The Morgan fingerprint density at radius 1 is 0.788 bits per heavy atom. The number of rotatable bonds is 7. The number of fused-ring (bicyclic) bond motifs is 1. The van der Waals surface area contributed by atoms with Crippen molar-refractivity contribution in [3.05, 3.63) is 83.5 Å². The predicted molar refractivity (Wildman–Crippen MR) is 130 cm³/mol. The van der Waals surface area contributed by atoms with Crippen LogP contribution in [0.3, 0.4) is 0 Å². The minimum atomic E-state index is -4.01. The van der Waals surface area contributed by atoms with E-state index in [-0.39, 0.29) is 26.9 Å². The zero-order valence-corrected chi connectivity index (χ0v) is 20.4. The first kappa shape index (κ1) is 23.0. The van der Waals surface area contributed by atoms with E-state index < -0.39 is 20.0 Å². The highest BCUT2D eigenvalue weighted by Gasteiger charge is 2.22. The van der Waals surface area contributed by atoms with E-state index in [1.807, 2.05) is 0 Å². The number of hydrogen-bond acceptors (Lipinski definition) is 6. The summed E-state index contributed by atoms with van der Waals surface area (Å²) in [6, 6.07) is 18.9.